The summed E-state index contributed by atoms with van der Waals surface area (Å²) in [6.07, 6.45) is 2.18. The lowest BCUT2D eigenvalue weighted by Crippen LogP contribution is -2.44. The average Bonchev–Trinajstić information content (AvgIpc) is 2.18. The van der Waals surface area contributed by atoms with E-state index >= 15 is 0 Å². The van der Waals surface area contributed by atoms with Gasteiger partial charge < -0.3 is 4.90 Å². The van der Waals surface area contributed by atoms with Crippen LogP contribution in [-0.4, -0.2) is 45.4 Å². The van der Waals surface area contributed by atoms with E-state index in [4.69, 9.17) is 0 Å². The van der Waals surface area contributed by atoms with E-state index < -0.39 is 16.1 Å². The molecule has 0 bridgehead atoms. The number of nitrogens with one attached hydrogen (secondary N) is 2. The fourth-order valence-corrected chi connectivity index (χ4v) is 3.12. The van der Waals surface area contributed by atoms with Gasteiger partial charge in [-0.2, -0.15) is 13.1 Å². The van der Waals surface area contributed by atoms with Gasteiger partial charge in [-0.1, -0.05) is 0 Å². The molecule has 0 aromatic heterocycles. The fourth-order valence-electron chi connectivity index (χ4n) is 2.06. The quantitative estimate of drug-likeness (QED) is 0.746. The Bertz CT molecular complexity index is 373. The molecule has 1 aliphatic rings. The van der Waals surface area contributed by atoms with Crippen molar-refractivity contribution in [2.45, 2.75) is 39.2 Å². The molecule has 6 nitrogen and oxygen atoms in total. The summed E-state index contributed by atoms with van der Waals surface area (Å²) in [5.41, 5.74) is 0. The zero-order chi connectivity index (χ0) is 13.8. The minimum absolute atomic E-state index is 0.223. The molecule has 1 aliphatic heterocycles. The molecule has 106 valence electrons. The fraction of sp³-hybridized carbons (Fsp3) is 0.909. The van der Waals surface area contributed by atoms with E-state index in [9.17, 15) is 13.2 Å². The Morgan fingerprint density at radius 1 is 1.33 bits per heavy atom. The van der Waals surface area contributed by atoms with E-state index in [2.05, 4.69) is 14.3 Å². The number of carbonyl (C=O) groups excluding carboxylic acids is 1. The van der Waals surface area contributed by atoms with Crippen LogP contribution in [0.5, 0.6) is 0 Å². The SMILES string of the molecule is CC(C)NS(=O)(=O)NC(=O)CC1CCN(C)CC1. The number of nitrogens with zero attached hydrogens (tertiary/aromatic N) is 1. The zero-order valence-corrected chi connectivity index (χ0v) is 12.1. The first-order valence-electron chi connectivity index (χ1n) is 6.30. The molecule has 1 fully saturated rings. The molecular weight excluding hydrogens is 254 g/mol. The second-order valence-corrected chi connectivity index (χ2v) is 6.70. The highest BCUT2D eigenvalue weighted by atomic mass is 32.2. The normalized spacial score (nSPS) is 19.1. The maximum absolute atomic E-state index is 11.6. The molecule has 0 aromatic rings. The zero-order valence-electron chi connectivity index (χ0n) is 11.3. The van der Waals surface area contributed by atoms with Crippen molar-refractivity contribution in [2.75, 3.05) is 20.1 Å². The molecule has 7 heteroatoms. The van der Waals surface area contributed by atoms with Crippen molar-refractivity contribution in [3.05, 3.63) is 0 Å². The van der Waals surface area contributed by atoms with Crippen LogP contribution in [0.2, 0.25) is 0 Å². The topological polar surface area (TPSA) is 78.5 Å². The Morgan fingerprint density at radius 3 is 2.39 bits per heavy atom. The standard InChI is InChI=1S/C11H23N3O3S/c1-9(2)12-18(16,17)13-11(15)8-10-4-6-14(3)7-5-10/h9-10,12H,4-8H2,1-3H3,(H,13,15). The maximum Gasteiger partial charge on any atom is 0.301 e. The van der Waals surface area contributed by atoms with Crippen molar-refractivity contribution in [1.82, 2.24) is 14.3 Å². The molecule has 0 aromatic carbocycles. The Kier molecular flexibility index (Phi) is 5.55. The molecule has 0 radical (unpaired) electrons. The lowest BCUT2D eigenvalue weighted by Gasteiger charge is -2.28. The first-order chi connectivity index (χ1) is 8.28. The van der Waals surface area contributed by atoms with Gasteiger partial charge in [0, 0.05) is 12.5 Å². The predicted octanol–water partition coefficient (Wildman–Crippen LogP) is 0.0773. The summed E-state index contributed by atoms with van der Waals surface area (Å²) in [6, 6.07) is -0.223. The smallest absolute Gasteiger partial charge is 0.301 e. The van der Waals surface area contributed by atoms with Gasteiger partial charge in [0.05, 0.1) is 0 Å². The van der Waals surface area contributed by atoms with Crippen molar-refractivity contribution in [1.29, 1.82) is 0 Å². The van der Waals surface area contributed by atoms with Crippen LogP contribution in [0.15, 0.2) is 0 Å². The summed E-state index contributed by atoms with van der Waals surface area (Å²) in [5, 5.41) is 0. The average molecular weight is 277 g/mol. The van der Waals surface area contributed by atoms with Crippen LogP contribution in [0.25, 0.3) is 0 Å². The van der Waals surface area contributed by atoms with Gasteiger partial charge in [0.1, 0.15) is 0 Å². The minimum atomic E-state index is -3.70. The monoisotopic (exact) mass is 277 g/mol. The molecule has 1 rings (SSSR count). The summed E-state index contributed by atoms with van der Waals surface area (Å²) in [7, 11) is -1.65. The third-order valence-electron chi connectivity index (χ3n) is 2.95. The Labute approximate surface area is 109 Å². The predicted molar refractivity (Wildman–Crippen MR) is 70.2 cm³/mol. The highest BCUT2D eigenvalue weighted by molar-refractivity contribution is 7.88. The molecular formula is C11H23N3O3S. The molecule has 1 amide bonds. The number of hydrogen-bond acceptors (Lipinski definition) is 4. The number of piperidine rings is 1. The van der Waals surface area contributed by atoms with Gasteiger partial charge in [-0.25, -0.2) is 4.72 Å². The van der Waals surface area contributed by atoms with Crippen LogP contribution < -0.4 is 9.44 Å². The molecule has 0 saturated carbocycles. The van der Waals surface area contributed by atoms with Crippen molar-refractivity contribution < 1.29 is 13.2 Å². The minimum Gasteiger partial charge on any atom is -0.306 e. The van der Waals surface area contributed by atoms with E-state index in [1.165, 1.54) is 0 Å². The number of carbonyl (C=O) groups is 1. The Morgan fingerprint density at radius 2 is 1.89 bits per heavy atom. The van der Waals surface area contributed by atoms with E-state index in [-0.39, 0.29) is 18.4 Å². The third-order valence-corrected chi connectivity index (χ3v) is 4.23. The molecule has 1 heterocycles. The number of hydrogen-bond donors (Lipinski definition) is 2. The van der Waals surface area contributed by atoms with Gasteiger partial charge in [0.25, 0.3) is 0 Å². The number of likely N-dealkylation sites (tertiary alicyclic amines) is 1. The van der Waals surface area contributed by atoms with Gasteiger partial charge in [-0.15, -0.1) is 0 Å². The molecule has 2 N–H and O–H groups in total. The molecule has 0 atom stereocenters. The van der Waals surface area contributed by atoms with Crippen molar-refractivity contribution in [3.63, 3.8) is 0 Å². The molecule has 0 unspecified atom stereocenters. The van der Waals surface area contributed by atoms with Gasteiger partial charge in [0.2, 0.25) is 5.91 Å². The number of amides is 1. The van der Waals surface area contributed by atoms with Gasteiger partial charge in [0.15, 0.2) is 0 Å². The van der Waals surface area contributed by atoms with Crippen molar-refractivity contribution in [2.24, 2.45) is 5.92 Å². The van der Waals surface area contributed by atoms with Crippen LogP contribution >= 0.6 is 0 Å². The summed E-state index contributed by atoms with van der Waals surface area (Å²) < 4.78 is 27.4. The Hall–Kier alpha value is -0.660. The van der Waals surface area contributed by atoms with Crippen LogP contribution in [-0.2, 0) is 15.0 Å². The summed E-state index contributed by atoms with van der Waals surface area (Å²) in [5.74, 6) is -0.131. The molecule has 0 spiro atoms. The first kappa shape index (κ1) is 15.4. The van der Waals surface area contributed by atoms with Crippen LogP contribution in [0.1, 0.15) is 33.1 Å². The molecule has 0 aliphatic carbocycles. The molecule has 18 heavy (non-hydrogen) atoms. The van der Waals surface area contributed by atoms with Crippen LogP contribution in [0.3, 0.4) is 0 Å². The van der Waals surface area contributed by atoms with Gasteiger partial charge in [-0.3, -0.25) is 4.79 Å². The van der Waals surface area contributed by atoms with Crippen LogP contribution in [0, 0.1) is 5.92 Å². The van der Waals surface area contributed by atoms with E-state index in [1.807, 2.05) is 7.05 Å². The van der Waals surface area contributed by atoms with Crippen LogP contribution in [0.4, 0.5) is 0 Å². The summed E-state index contributed by atoms with van der Waals surface area (Å²) >= 11 is 0. The van der Waals surface area contributed by atoms with E-state index in [0.717, 1.165) is 25.9 Å². The maximum atomic E-state index is 11.6. The highest BCUT2D eigenvalue weighted by Crippen LogP contribution is 2.19. The van der Waals surface area contributed by atoms with E-state index in [1.54, 1.807) is 13.8 Å². The second kappa shape index (κ2) is 6.49. The second-order valence-electron chi connectivity index (χ2n) is 5.25. The highest BCUT2D eigenvalue weighted by Gasteiger charge is 2.22. The first-order valence-corrected chi connectivity index (χ1v) is 7.78. The largest absolute Gasteiger partial charge is 0.306 e. The number of rotatable bonds is 5. The van der Waals surface area contributed by atoms with Gasteiger partial charge >= 0.3 is 10.2 Å². The lowest BCUT2D eigenvalue weighted by atomic mass is 9.94. The summed E-state index contributed by atoms with van der Waals surface area (Å²) in [4.78, 5) is 13.9. The third kappa shape index (κ3) is 5.79. The van der Waals surface area contributed by atoms with E-state index in [0.29, 0.717) is 0 Å². The summed E-state index contributed by atoms with van der Waals surface area (Å²) in [6.45, 7) is 5.35. The van der Waals surface area contributed by atoms with Crippen molar-refractivity contribution >= 4 is 16.1 Å². The Balaban J connectivity index is 2.37. The van der Waals surface area contributed by atoms with Crippen molar-refractivity contribution in [3.8, 4) is 0 Å². The molecule has 1 saturated heterocycles. The van der Waals surface area contributed by atoms with Gasteiger partial charge in [-0.05, 0) is 52.7 Å². The lowest BCUT2D eigenvalue weighted by molar-refractivity contribution is -0.120.